The zero-order valence-electron chi connectivity index (χ0n) is 18.5. The van der Waals surface area contributed by atoms with Gasteiger partial charge in [-0.25, -0.2) is 9.97 Å². The quantitative estimate of drug-likeness (QED) is 0.510. The van der Waals surface area contributed by atoms with Crippen molar-refractivity contribution in [1.29, 1.82) is 0 Å². The minimum absolute atomic E-state index is 0.0232. The second-order valence-corrected chi connectivity index (χ2v) is 8.08. The van der Waals surface area contributed by atoms with Crippen molar-refractivity contribution in [3.63, 3.8) is 0 Å². The lowest BCUT2D eigenvalue weighted by molar-refractivity contribution is 0.0949. The number of hydrogen-bond acceptors (Lipinski definition) is 7. The normalized spacial score (nSPS) is 15.8. The molecule has 3 aromatic rings. The molecule has 4 N–H and O–H groups in total. The van der Waals surface area contributed by atoms with Crippen LogP contribution in [-0.4, -0.2) is 57.8 Å². The van der Waals surface area contributed by atoms with Gasteiger partial charge in [0.2, 0.25) is 0 Å². The Balaban J connectivity index is 1.40. The smallest absolute Gasteiger partial charge is 0.278 e. The summed E-state index contributed by atoms with van der Waals surface area (Å²) in [6.45, 7) is 1.77. The topological polar surface area (TPSA) is 126 Å². The zero-order chi connectivity index (χ0) is 23.2. The fourth-order valence-corrected chi connectivity index (χ4v) is 3.92. The second kappa shape index (κ2) is 10.2. The predicted octanol–water partition coefficient (Wildman–Crippen LogP) is 2.59. The Bertz CT molecular complexity index is 1120. The fourth-order valence-electron chi connectivity index (χ4n) is 3.92. The van der Waals surface area contributed by atoms with Crippen LogP contribution in [0.15, 0.2) is 55.0 Å². The lowest BCUT2D eigenvalue weighted by atomic mass is 10.1. The average molecular weight is 446 g/mol. The van der Waals surface area contributed by atoms with Gasteiger partial charge in [0.05, 0.1) is 23.8 Å². The molecule has 0 saturated carbocycles. The van der Waals surface area contributed by atoms with E-state index in [1.165, 1.54) is 25.2 Å². The minimum atomic E-state index is -0.473. The molecule has 1 aliphatic rings. The summed E-state index contributed by atoms with van der Waals surface area (Å²) in [5.41, 5.74) is 8.21. The van der Waals surface area contributed by atoms with E-state index in [1.807, 2.05) is 0 Å². The summed E-state index contributed by atoms with van der Waals surface area (Å²) in [4.78, 5) is 39.9. The van der Waals surface area contributed by atoms with E-state index in [0.717, 1.165) is 18.5 Å². The molecule has 1 fully saturated rings. The average Bonchev–Trinajstić information content (AvgIpc) is 3.24. The Morgan fingerprint density at radius 2 is 1.97 bits per heavy atom. The van der Waals surface area contributed by atoms with E-state index < -0.39 is 5.91 Å². The van der Waals surface area contributed by atoms with Crippen LogP contribution in [0, 0.1) is 0 Å². The van der Waals surface area contributed by atoms with Gasteiger partial charge in [0.15, 0.2) is 11.5 Å². The van der Waals surface area contributed by atoms with Crippen LogP contribution in [0.25, 0.3) is 11.3 Å². The van der Waals surface area contributed by atoms with E-state index in [-0.39, 0.29) is 17.4 Å². The third-order valence-electron chi connectivity index (χ3n) is 5.81. The van der Waals surface area contributed by atoms with Gasteiger partial charge in [-0.1, -0.05) is 12.1 Å². The third kappa shape index (κ3) is 5.50. The first-order valence-electron chi connectivity index (χ1n) is 10.9. The Morgan fingerprint density at radius 3 is 2.67 bits per heavy atom. The minimum Gasteiger partial charge on any atom is -0.382 e. The number of anilines is 2. The lowest BCUT2D eigenvalue weighted by Gasteiger charge is -2.19. The molecule has 2 aromatic heterocycles. The number of amides is 2. The summed E-state index contributed by atoms with van der Waals surface area (Å²) in [6.07, 6.45) is 8.00. The first-order chi connectivity index (χ1) is 16.0. The van der Waals surface area contributed by atoms with Gasteiger partial charge in [-0.3, -0.25) is 14.6 Å². The molecule has 1 unspecified atom stereocenters. The second-order valence-electron chi connectivity index (χ2n) is 8.08. The fraction of sp³-hybridized carbons (Fsp3) is 0.292. The van der Waals surface area contributed by atoms with Crippen LogP contribution in [0.1, 0.15) is 40.1 Å². The van der Waals surface area contributed by atoms with Crippen LogP contribution in [0.3, 0.4) is 0 Å². The van der Waals surface area contributed by atoms with Crippen LogP contribution >= 0.6 is 0 Å². The molecular weight excluding hydrogens is 418 g/mol. The summed E-state index contributed by atoms with van der Waals surface area (Å²) in [7, 11) is 2.13. The van der Waals surface area contributed by atoms with Crippen molar-refractivity contribution in [3.05, 3.63) is 66.2 Å². The molecule has 1 aliphatic heterocycles. The number of likely N-dealkylation sites (tertiary alicyclic amines) is 1. The van der Waals surface area contributed by atoms with Crippen LogP contribution in [0.4, 0.5) is 11.5 Å². The maximum absolute atomic E-state index is 12.6. The summed E-state index contributed by atoms with van der Waals surface area (Å²) in [6, 6.07) is 11.0. The molecule has 1 saturated heterocycles. The number of nitrogens with two attached hydrogens (primary N) is 1. The van der Waals surface area contributed by atoms with Crippen molar-refractivity contribution in [2.45, 2.75) is 25.3 Å². The Hall–Kier alpha value is -3.85. The number of carbonyl (C=O) groups is 2. The van der Waals surface area contributed by atoms with Crippen molar-refractivity contribution in [2.24, 2.45) is 0 Å². The number of nitrogen functional groups attached to an aromatic ring is 1. The molecule has 170 valence electrons. The number of nitrogens with one attached hydrogen (secondary N) is 2. The van der Waals surface area contributed by atoms with Crippen LogP contribution in [-0.2, 0) is 0 Å². The number of benzene rings is 1. The van der Waals surface area contributed by atoms with Crippen molar-refractivity contribution >= 4 is 23.3 Å². The molecule has 33 heavy (non-hydrogen) atoms. The summed E-state index contributed by atoms with van der Waals surface area (Å²) in [5.74, 6) is -0.551. The monoisotopic (exact) mass is 445 g/mol. The molecule has 0 bridgehead atoms. The van der Waals surface area contributed by atoms with Gasteiger partial charge in [0.25, 0.3) is 11.8 Å². The van der Waals surface area contributed by atoms with Gasteiger partial charge in [0.1, 0.15) is 0 Å². The summed E-state index contributed by atoms with van der Waals surface area (Å²) >= 11 is 0. The van der Waals surface area contributed by atoms with Gasteiger partial charge >= 0.3 is 0 Å². The van der Waals surface area contributed by atoms with E-state index >= 15 is 0 Å². The molecule has 0 aliphatic carbocycles. The van der Waals surface area contributed by atoms with Crippen molar-refractivity contribution in [2.75, 3.05) is 31.2 Å². The highest BCUT2D eigenvalue weighted by molar-refractivity contribution is 6.05. The molecule has 4 rings (SSSR count). The van der Waals surface area contributed by atoms with Gasteiger partial charge in [-0.15, -0.1) is 0 Å². The first kappa shape index (κ1) is 22.3. The molecule has 3 heterocycles. The van der Waals surface area contributed by atoms with E-state index in [9.17, 15) is 9.59 Å². The molecule has 9 nitrogen and oxygen atoms in total. The number of carbonyl (C=O) groups excluding carboxylic acids is 2. The van der Waals surface area contributed by atoms with Crippen molar-refractivity contribution in [3.8, 4) is 11.3 Å². The predicted molar refractivity (Wildman–Crippen MR) is 127 cm³/mol. The maximum atomic E-state index is 12.6. The largest absolute Gasteiger partial charge is 0.382 e. The molecule has 2 amide bonds. The lowest BCUT2D eigenvalue weighted by Crippen LogP contribution is -2.31. The Morgan fingerprint density at radius 1 is 1.15 bits per heavy atom. The summed E-state index contributed by atoms with van der Waals surface area (Å²) in [5, 5.41) is 5.70. The number of pyridine rings is 1. The number of nitrogens with zero attached hydrogens (tertiary/aromatic N) is 4. The highest BCUT2D eigenvalue weighted by Crippen LogP contribution is 2.20. The molecule has 1 atom stereocenters. The van der Waals surface area contributed by atoms with E-state index in [2.05, 4.69) is 37.5 Å². The van der Waals surface area contributed by atoms with Crippen molar-refractivity contribution in [1.82, 2.24) is 25.2 Å². The number of aromatic nitrogens is 3. The van der Waals surface area contributed by atoms with Crippen LogP contribution in [0.2, 0.25) is 0 Å². The third-order valence-corrected chi connectivity index (χ3v) is 5.81. The van der Waals surface area contributed by atoms with Gasteiger partial charge in [-0.2, -0.15) is 0 Å². The van der Waals surface area contributed by atoms with Crippen LogP contribution < -0.4 is 16.4 Å². The highest BCUT2D eigenvalue weighted by Gasteiger charge is 2.20. The standard InChI is InChI=1S/C24H27N7O2/c1-31-13-3-5-19(31)10-12-27-23(32)17-8-6-16(7-9-17)20-15-28-22(25)21(30-20)24(33)29-18-4-2-11-26-14-18/h2,4,6-9,11,14-15,19H,3,5,10,12-13H2,1H3,(H2,25,28)(H,27,32)(H,29,33). The molecule has 1 aromatic carbocycles. The molecule has 9 heteroatoms. The van der Waals surface area contributed by atoms with E-state index in [1.54, 1.807) is 42.6 Å². The first-order valence-corrected chi connectivity index (χ1v) is 10.9. The van der Waals surface area contributed by atoms with Gasteiger partial charge < -0.3 is 21.3 Å². The van der Waals surface area contributed by atoms with E-state index in [4.69, 9.17) is 5.73 Å². The van der Waals surface area contributed by atoms with Crippen LogP contribution in [0.5, 0.6) is 0 Å². The Labute approximate surface area is 192 Å². The number of rotatable bonds is 7. The maximum Gasteiger partial charge on any atom is 0.278 e. The number of hydrogen-bond donors (Lipinski definition) is 3. The molecule has 0 radical (unpaired) electrons. The molecular formula is C24H27N7O2. The Kier molecular flexibility index (Phi) is 6.89. The highest BCUT2D eigenvalue weighted by atomic mass is 16.2. The van der Waals surface area contributed by atoms with Crippen molar-refractivity contribution < 1.29 is 9.59 Å². The van der Waals surface area contributed by atoms with Gasteiger partial charge in [-0.05, 0) is 57.1 Å². The zero-order valence-corrected chi connectivity index (χ0v) is 18.5. The van der Waals surface area contributed by atoms with Gasteiger partial charge in [0, 0.05) is 29.9 Å². The molecule has 0 spiro atoms. The SMILES string of the molecule is CN1CCCC1CCNC(=O)c1ccc(-c2cnc(N)c(C(=O)Nc3cccnc3)n2)cc1. The summed E-state index contributed by atoms with van der Waals surface area (Å²) < 4.78 is 0. The van der Waals surface area contributed by atoms with E-state index in [0.29, 0.717) is 29.5 Å².